The molecule has 2 rings (SSSR count). The molecule has 0 fully saturated rings. The SMILES string of the molecule is COc1ccc(OCC(=O)N(C)CCCOc2ccc(Cl)cc2)cc1. The number of ether oxygens (including phenoxy) is 3. The van der Waals surface area contributed by atoms with Crippen molar-refractivity contribution in [2.75, 3.05) is 33.9 Å². The van der Waals surface area contributed by atoms with Gasteiger partial charge in [0.05, 0.1) is 13.7 Å². The lowest BCUT2D eigenvalue weighted by Gasteiger charge is -2.17. The average Bonchev–Trinajstić information content (AvgIpc) is 2.65. The quantitative estimate of drug-likeness (QED) is 0.638. The van der Waals surface area contributed by atoms with Crippen molar-refractivity contribution < 1.29 is 19.0 Å². The van der Waals surface area contributed by atoms with Crippen LogP contribution in [0.2, 0.25) is 5.02 Å². The zero-order valence-electron chi connectivity index (χ0n) is 14.4. The molecule has 0 aliphatic carbocycles. The van der Waals surface area contributed by atoms with Gasteiger partial charge in [0.1, 0.15) is 17.2 Å². The van der Waals surface area contributed by atoms with E-state index >= 15 is 0 Å². The molecular formula is C19H22ClNO4. The van der Waals surface area contributed by atoms with E-state index < -0.39 is 0 Å². The second kappa shape index (κ2) is 9.79. The summed E-state index contributed by atoms with van der Waals surface area (Å²) in [5, 5.41) is 0.676. The molecule has 0 heterocycles. The van der Waals surface area contributed by atoms with Gasteiger partial charge in [-0.25, -0.2) is 0 Å². The number of carbonyl (C=O) groups excluding carboxylic acids is 1. The highest BCUT2D eigenvalue weighted by molar-refractivity contribution is 6.30. The predicted octanol–water partition coefficient (Wildman–Crippen LogP) is 3.65. The van der Waals surface area contributed by atoms with Crippen molar-refractivity contribution in [3.63, 3.8) is 0 Å². The number of hydrogen-bond acceptors (Lipinski definition) is 4. The van der Waals surface area contributed by atoms with Gasteiger partial charge in [-0.2, -0.15) is 0 Å². The zero-order valence-corrected chi connectivity index (χ0v) is 15.2. The van der Waals surface area contributed by atoms with Crippen LogP contribution in [0.1, 0.15) is 6.42 Å². The number of likely N-dealkylation sites (N-methyl/N-ethyl adjacent to an activating group) is 1. The summed E-state index contributed by atoms with van der Waals surface area (Å²) in [6, 6.07) is 14.3. The van der Waals surface area contributed by atoms with E-state index in [2.05, 4.69) is 0 Å². The van der Waals surface area contributed by atoms with Gasteiger partial charge in [0, 0.05) is 18.6 Å². The predicted molar refractivity (Wildman–Crippen MR) is 97.7 cm³/mol. The maximum Gasteiger partial charge on any atom is 0.260 e. The maximum absolute atomic E-state index is 12.1. The fraction of sp³-hybridized carbons (Fsp3) is 0.316. The minimum atomic E-state index is -0.0812. The van der Waals surface area contributed by atoms with Crippen LogP contribution >= 0.6 is 11.6 Å². The molecule has 0 aromatic heterocycles. The van der Waals surface area contributed by atoms with Crippen molar-refractivity contribution in [1.82, 2.24) is 4.90 Å². The lowest BCUT2D eigenvalue weighted by molar-refractivity contribution is -0.132. The van der Waals surface area contributed by atoms with Crippen LogP contribution in [0.15, 0.2) is 48.5 Å². The van der Waals surface area contributed by atoms with E-state index in [1.807, 2.05) is 12.1 Å². The Morgan fingerprint density at radius 3 is 2.16 bits per heavy atom. The fourth-order valence-corrected chi connectivity index (χ4v) is 2.20. The molecule has 0 aliphatic heterocycles. The molecule has 0 spiro atoms. The summed E-state index contributed by atoms with van der Waals surface area (Å²) in [5.41, 5.74) is 0. The number of halogens is 1. The van der Waals surface area contributed by atoms with E-state index in [1.54, 1.807) is 55.5 Å². The molecule has 0 radical (unpaired) electrons. The van der Waals surface area contributed by atoms with Gasteiger partial charge in [-0.15, -0.1) is 0 Å². The summed E-state index contributed by atoms with van der Waals surface area (Å²) in [4.78, 5) is 13.7. The topological polar surface area (TPSA) is 48.0 Å². The molecule has 0 N–H and O–H groups in total. The monoisotopic (exact) mass is 363 g/mol. The van der Waals surface area contributed by atoms with Crippen molar-refractivity contribution in [2.45, 2.75) is 6.42 Å². The Morgan fingerprint density at radius 1 is 0.960 bits per heavy atom. The standard InChI is InChI=1S/C19H22ClNO4/c1-21(12-3-13-24-17-6-4-15(20)5-7-17)19(22)14-25-18-10-8-16(23-2)9-11-18/h4-11H,3,12-14H2,1-2H3. The first-order valence-electron chi connectivity index (χ1n) is 7.97. The third-order valence-electron chi connectivity index (χ3n) is 3.57. The highest BCUT2D eigenvalue weighted by atomic mass is 35.5. The maximum atomic E-state index is 12.1. The highest BCUT2D eigenvalue weighted by Crippen LogP contribution is 2.17. The minimum absolute atomic E-state index is 0.000863. The first-order chi connectivity index (χ1) is 12.1. The molecule has 0 aliphatic rings. The van der Waals surface area contributed by atoms with E-state index in [9.17, 15) is 4.79 Å². The van der Waals surface area contributed by atoms with Crippen molar-refractivity contribution in [3.05, 3.63) is 53.6 Å². The Morgan fingerprint density at radius 2 is 1.52 bits per heavy atom. The molecule has 2 aromatic rings. The van der Waals surface area contributed by atoms with E-state index in [4.69, 9.17) is 25.8 Å². The summed E-state index contributed by atoms with van der Waals surface area (Å²) in [7, 11) is 3.35. The molecule has 2 aromatic carbocycles. The van der Waals surface area contributed by atoms with E-state index in [1.165, 1.54) is 0 Å². The summed E-state index contributed by atoms with van der Waals surface area (Å²) in [6.07, 6.45) is 0.730. The first kappa shape index (κ1) is 18.9. The van der Waals surface area contributed by atoms with Gasteiger partial charge in [-0.3, -0.25) is 4.79 Å². The van der Waals surface area contributed by atoms with Gasteiger partial charge in [0.15, 0.2) is 6.61 Å². The molecule has 0 unspecified atom stereocenters. The first-order valence-corrected chi connectivity index (χ1v) is 8.35. The number of carbonyl (C=O) groups is 1. The molecule has 0 atom stereocenters. The van der Waals surface area contributed by atoms with E-state index in [0.29, 0.717) is 23.9 Å². The van der Waals surface area contributed by atoms with Crippen LogP contribution in [0.3, 0.4) is 0 Å². The molecule has 0 saturated heterocycles. The number of methoxy groups -OCH3 is 1. The normalized spacial score (nSPS) is 10.2. The number of amides is 1. The summed E-state index contributed by atoms with van der Waals surface area (Å²) >= 11 is 5.82. The molecule has 0 bridgehead atoms. The van der Waals surface area contributed by atoms with Gasteiger partial charge in [-0.1, -0.05) is 11.6 Å². The average molecular weight is 364 g/mol. The minimum Gasteiger partial charge on any atom is -0.497 e. The van der Waals surface area contributed by atoms with Gasteiger partial charge < -0.3 is 19.1 Å². The largest absolute Gasteiger partial charge is 0.497 e. The summed E-state index contributed by atoms with van der Waals surface area (Å²) in [5.74, 6) is 2.06. The zero-order chi connectivity index (χ0) is 18.1. The number of hydrogen-bond donors (Lipinski definition) is 0. The van der Waals surface area contributed by atoms with Crippen LogP contribution in [0, 0.1) is 0 Å². The molecule has 5 nitrogen and oxygen atoms in total. The van der Waals surface area contributed by atoms with Crippen molar-refractivity contribution in [1.29, 1.82) is 0 Å². The summed E-state index contributed by atoms with van der Waals surface area (Å²) < 4.78 is 16.2. The lowest BCUT2D eigenvalue weighted by atomic mass is 10.3. The Balaban J connectivity index is 1.64. The van der Waals surface area contributed by atoms with Crippen molar-refractivity contribution in [2.24, 2.45) is 0 Å². The molecule has 6 heteroatoms. The lowest BCUT2D eigenvalue weighted by Crippen LogP contribution is -2.32. The highest BCUT2D eigenvalue weighted by Gasteiger charge is 2.09. The van der Waals surface area contributed by atoms with Gasteiger partial charge in [0.2, 0.25) is 0 Å². The Kier molecular flexibility index (Phi) is 7.41. The third-order valence-corrected chi connectivity index (χ3v) is 3.82. The van der Waals surface area contributed by atoms with Crippen LogP contribution in [0.4, 0.5) is 0 Å². The van der Waals surface area contributed by atoms with Crippen LogP contribution in [-0.2, 0) is 4.79 Å². The number of nitrogens with zero attached hydrogens (tertiary/aromatic N) is 1. The van der Waals surface area contributed by atoms with Gasteiger partial charge in [0.25, 0.3) is 5.91 Å². The van der Waals surface area contributed by atoms with Crippen molar-refractivity contribution in [3.8, 4) is 17.2 Å². The molecular weight excluding hydrogens is 342 g/mol. The molecule has 1 amide bonds. The van der Waals surface area contributed by atoms with Crippen LogP contribution in [0.5, 0.6) is 17.2 Å². The Hall–Kier alpha value is -2.40. The van der Waals surface area contributed by atoms with Crippen molar-refractivity contribution >= 4 is 17.5 Å². The Bertz CT molecular complexity index is 658. The van der Waals surface area contributed by atoms with Gasteiger partial charge >= 0.3 is 0 Å². The Labute approximate surface area is 153 Å². The smallest absolute Gasteiger partial charge is 0.260 e. The molecule has 0 saturated carbocycles. The van der Waals surface area contributed by atoms with E-state index in [-0.39, 0.29) is 12.5 Å². The molecule has 25 heavy (non-hydrogen) atoms. The van der Waals surface area contributed by atoms with Crippen LogP contribution in [-0.4, -0.2) is 44.7 Å². The second-order valence-electron chi connectivity index (χ2n) is 5.44. The number of rotatable bonds is 9. The van der Waals surface area contributed by atoms with E-state index in [0.717, 1.165) is 17.9 Å². The van der Waals surface area contributed by atoms with Crippen LogP contribution < -0.4 is 14.2 Å². The summed E-state index contributed by atoms with van der Waals surface area (Å²) in [6.45, 7) is 1.12. The third kappa shape index (κ3) is 6.55. The fourth-order valence-electron chi connectivity index (χ4n) is 2.07. The molecule has 134 valence electrons. The number of benzene rings is 2. The van der Waals surface area contributed by atoms with Gasteiger partial charge in [-0.05, 0) is 55.0 Å². The second-order valence-corrected chi connectivity index (χ2v) is 5.87. The van der Waals surface area contributed by atoms with Crippen LogP contribution in [0.25, 0.3) is 0 Å².